The van der Waals surface area contributed by atoms with Gasteiger partial charge in [0, 0.05) is 26.2 Å². The number of carbonyl (C=O) groups is 1. The Labute approximate surface area is 117 Å². The minimum Gasteiger partial charge on any atom is -0.469 e. The van der Waals surface area contributed by atoms with Gasteiger partial charge in [0.25, 0.3) is 0 Å². The minimum absolute atomic E-state index is 0.0769. The third-order valence-corrected chi connectivity index (χ3v) is 4.55. The number of rotatable bonds is 6. The second-order valence-corrected chi connectivity index (χ2v) is 6.25. The van der Waals surface area contributed by atoms with Crippen LogP contribution in [0, 0.1) is 0 Å². The van der Waals surface area contributed by atoms with Gasteiger partial charge in [-0.3, -0.25) is 4.79 Å². The lowest BCUT2D eigenvalue weighted by atomic mass is 10.3. The molecule has 0 radical (unpaired) electrons. The van der Waals surface area contributed by atoms with Crippen LogP contribution in [0.1, 0.15) is 12.8 Å². The number of aromatic nitrogens is 1. The van der Waals surface area contributed by atoms with E-state index < -0.39 is 10.0 Å². The van der Waals surface area contributed by atoms with Gasteiger partial charge < -0.3 is 4.74 Å². The fourth-order valence-electron chi connectivity index (χ4n) is 1.39. The molecule has 0 aliphatic heterocycles. The van der Waals surface area contributed by atoms with Gasteiger partial charge in [0.1, 0.15) is 5.15 Å². The van der Waals surface area contributed by atoms with Crippen LogP contribution < -0.4 is 0 Å². The molecule has 0 unspecified atom stereocenters. The van der Waals surface area contributed by atoms with E-state index in [0.29, 0.717) is 6.42 Å². The van der Waals surface area contributed by atoms with Crippen molar-refractivity contribution in [2.45, 2.75) is 17.7 Å². The summed E-state index contributed by atoms with van der Waals surface area (Å²) >= 11 is 5.67. The molecular weight excluding hydrogens is 292 g/mol. The summed E-state index contributed by atoms with van der Waals surface area (Å²) in [6, 6.07) is 2.66. The number of ether oxygens (including phenoxy) is 1. The molecule has 106 valence electrons. The topological polar surface area (TPSA) is 76.6 Å². The van der Waals surface area contributed by atoms with Gasteiger partial charge in [-0.25, -0.2) is 17.7 Å². The maximum absolute atomic E-state index is 12.2. The number of carbonyl (C=O) groups excluding carboxylic acids is 1. The third kappa shape index (κ3) is 4.45. The minimum atomic E-state index is -3.61. The normalized spacial score (nSPS) is 11.6. The van der Waals surface area contributed by atoms with Crippen molar-refractivity contribution in [3.8, 4) is 0 Å². The van der Waals surface area contributed by atoms with Crippen molar-refractivity contribution in [2.75, 3.05) is 20.7 Å². The highest BCUT2D eigenvalue weighted by molar-refractivity contribution is 7.89. The average molecular weight is 307 g/mol. The second-order valence-electron chi connectivity index (χ2n) is 3.82. The monoisotopic (exact) mass is 306 g/mol. The Hall–Kier alpha value is -1.18. The standard InChI is InChI=1S/C11H15ClN2O4S/c1-14(7-3-4-11(15)18-2)19(16,17)9-5-6-13-10(12)8-9/h5-6,8H,3-4,7H2,1-2H3. The van der Waals surface area contributed by atoms with Gasteiger partial charge in [0.15, 0.2) is 0 Å². The van der Waals surface area contributed by atoms with E-state index in [-0.39, 0.29) is 29.0 Å². The van der Waals surface area contributed by atoms with Gasteiger partial charge in [0.05, 0.1) is 12.0 Å². The zero-order valence-electron chi connectivity index (χ0n) is 10.7. The molecule has 0 amide bonds. The van der Waals surface area contributed by atoms with Crippen LogP contribution in [-0.2, 0) is 19.6 Å². The molecular formula is C11H15ClN2O4S. The van der Waals surface area contributed by atoms with Crippen LogP contribution >= 0.6 is 11.6 Å². The van der Waals surface area contributed by atoms with E-state index in [1.807, 2.05) is 0 Å². The molecule has 0 aliphatic rings. The van der Waals surface area contributed by atoms with Crippen LogP contribution in [0.3, 0.4) is 0 Å². The number of methoxy groups -OCH3 is 1. The molecule has 0 aromatic carbocycles. The highest BCUT2D eigenvalue weighted by atomic mass is 35.5. The van der Waals surface area contributed by atoms with Crippen molar-refractivity contribution in [2.24, 2.45) is 0 Å². The number of nitrogens with zero attached hydrogens (tertiary/aromatic N) is 2. The van der Waals surface area contributed by atoms with Crippen molar-refractivity contribution < 1.29 is 17.9 Å². The Bertz CT molecular complexity index is 547. The van der Waals surface area contributed by atoms with Crippen LogP contribution in [0.4, 0.5) is 0 Å². The number of hydrogen-bond donors (Lipinski definition) is 0. The first-order valence-corrected chi connectivity index (χ1v) is 7.34. The number of hydrogen-bond acceptors (Lipinski definition) is 5. The zero-order valence-corrected chi connectivity index (χ0v) is 12.2. The fraction of sp³-hybridized carbons (Fsp3) is 0.455. The predicted octanol–water partition coefficient (Wildman–Crippen LogP) is 1.31. The highest BCUT2D eigenvalue weighted by Gasteiger charge is 2.21. The number of sulfonamides is 1. The second kappa shape index (κ2) is 6.83. The van der Waals surface area contributed by atoms with E-state index in [1.54, 1.807) is 0 Å². The highest BCUT2D eigenvalue weighted by Crippen LogP contribution is 2.17. The molecule has 0 atom stereocenters. The van der Waals surface area contributed by atoms with E-state index in [9.17, 15) is 13.2 Å². The molecule has 0 saturated carbocycles. The molecule has 19 heavy (non-hydrogen) atoms. The molecule has 0 spiro atoms. The van der Waals surface area contributed by atoms with E-state index in [1.165, 1.54) is 36.8 Å². The van der Waals surface area contributed by atoms with E-state index in [0.717, 1.165) is 0 Å². The van der Waals surface area contributed by atoms with Crippen molar-refractivity contribution in [3.63, 3.8) is 0 Å². The lowest BCUT2D eigenvalue weighted by molar-refractivity contribution is -0.140. The van der Waals surface area contributed by atoms with E-state index in [2.05, 4.69) is 9.72 Å². The molecule has 0 N–H and O–H groups in total. The van der Waals surface area contributed by atoms with Crippen LogP contribution in [0.2, 0.25) is 5.15 Å². The molecule has 1 aromatic rings. The van der Waals surface area contributed by atoms with Crippen LogP contribution in [0.5, 0.6) is 0 Å². The van der Waals surface area contributed by atoms with Crippen molar-refractivity contribution >= 4 is 27.6 Å². The number of halogens is 1. The first-order chi connectivity index (χ1) is 8.87. The molecule has 1 heterocycles. The summed E-state index contributed by atoms with van der Waals surface area (Å²) in [4.78, 5) is 14.7. The van der Waals surface area contributed by atoms with Gasteiger partial charge in [-0.1, -0.05) is 11.6 Å². The van der Waals surface area contributed by atoms with Gasteiger partial charge in [-0.05, 0) is 18.6 Å². The predicted molar refractivity (Wildman–Crippen MR) is 70.3 cm³/mol. The molecule has 1 rings (SSSR count). The fourth-order valence-corrected chi connectivity index (χ4v) is 2.85. The Morgan fingerprint density at radius 1 is 1.53 bits per heavy atom. The zero-order chi connectivity index (χ0) is 14.5. The summed E-state index contributed by atoms with van der Waals surface area (Å²) < 4.78 is 30.0. The first-order valence-electron chi connectivity index (χ1n) is 5.52. The van der Waals surface area contributed by atoms with Crippen LogP contribution in [0.15, 0.2) is 23.2 Å². The Kier molecular flexibility index (Phi) is 5.71. The smallest absolute Gasteiger partial charge is 0.305 e. The molecule has 6 nitrogen and oxygen atoms in total. The summed E-state index contributed by atoms with van der Waals surface area (Å²) in [6.45, 7) is 0.220. The van der Waals surface area contributed by atoms with Crippen molar-refractivity contribution in [1.82, 2.24) is 9.29 Å². The Morgan fingerprint density at radius 3 is 2.79 bits per heavy atom. The molecule has 8 heteroatoms. The van der Waals surface area contributed by atoms with Gasteiger partial charge in [-0.2, -0.15) is 0 Å². The van der Waals surface area contributed by atoms with Crippen LogP contribution in [0.25, 0.3) is 0 Å². The summed E-state index contributed by atoms with van der Waals surface area (Å²) in [6.07, 6.45) is 1.90. The quantitative estimate of drug-likeness (QED) is 0.585. The summed E-state index contributed by atoms with van der Waals surface area (Å²) in [5.41, 5.74) is 0. The molecule has 1 aromatic heterocycles. The van der Waals surface area contributed by atoms with Crippen molar-refractivity contribution in [1.29, 1.82) is 0 Å². The Balaban J connectivity index is 2.70. The van der Waals surface area contributed by atoms with E-state index >= 15 is 0 Å². The lowest BCUT2D eigenvalue weighted by Gasteiger charge is -2.16. The van der Waals surface area contributed by atoms with Gasteiger partial charge >= 0.3 is 5.97 Å². The summed E-state index contributed by atoms with van der Waals surface area (Å²) in [5.74, 6) is -0.363. The van der Waals surface area contributed by atoms with Gasteiger partial charge in [-0.15, -0.1) is 0 Å². The van der Waals surface area contributed by atoms with E-state index in [4.69, 9.17) is 11.6 Å². The third-order valence-electron chi connectivity index (χ3n) is 2.49. The summed E-state index contributed by atoms with van der Waals surface area (Å²) in [5, 5.41) is 0.115. The van der Waals surface area contributed by atoms with Crippen LogP contribution in [-0.4, -0.2) is 44.4 Å². The van der Waals surface area contributed by atoms with Gasteiger partial charge in [0.2, 0.25) is 10.0 Å². The first kappa shape index (κ1) is 15.9. The maximum atomic E-state index is 12.2. The molecule has 0 bridgehead atoms. The molecule has 0 saturated heterocycles. The summed E-state index contributed by atoms with van der Waals surface area (Å²) in [7, 11) is -0.871. The SMILES string of the molecule is COC(=O)CCCN(C)S(=O)(=O)c1ccnc(Cl)c1. The largest absolute Gasteiger partial charge is 0.469 e. The van der Waals surface area contributed by atoms with Crippen molar-refractivity contribution in [3.05, 3.63) is 23.5 Å². The lowest BCUT2D eigenvalue weighted by Crippen LogP contribution is -2.28. The maximum Gasteiger partial charge on any atom is 0.305 e. The number of pyridine rings is 1. The molecule has 0 aliphatic carbocycles. The molecule has 0 fully saturated rings. The number of esters is 1. The average Bonchev–Trinajstić information content (AvgIpc) is 2.38. The Morgan fingerprint density at radius 2 is 2.21 bits per heavy atom.